The van der Waals surface area contributed by atoms with Crippen LogP contribution in [0.25, 0.3) is 0 Å². The molecule has 0 spiro atoms. The molecule has 0 unspecified atom stereocenters. The molecule has 2 aromatic carbocycles. The van der Waals surface area contributed by atoms with Gasteiger partial charge in [-0.3, -0.25) is 9.48 Å². The first kappa shape index (κ1) is 22.0. The maximum Gasteiger partial charge on any atom is 0.259 e. The van der Waals surface area contributed by atoms with Crippen LogP contribution in [0.3, 0.4) is 0 Å². The lowest BCUT2D eigenvalue weighted by molar-refractivity contribution is 0.0730. The number of hydrogen-bond acceptors (Lipinski definition) is 6. The standard InChI is InChI=1S/C22H24N4O5S/c1-30-21-8-7-19(32(28,29)26-11-13-31-14-12-26)15-20(21)22(27)24-18-5-3-17(4-6-18)16-25-10-2-9-23-25/h2-10,15H,11-14,16H2,1H3,(H,24,27). The van der Waals surface area contributed by atoms with E-state index in [1.807, 2.05) is 24.4 Å². The van der Waals surface area contributed by atoms with Gasteiger partial charge < -0.3 is 14.8 Å². The molecule has 1 saturated heterocycles. The lowest BCUT2D eigenvalue weighted by Crippen LogP contribution is -2.40. The Labute approximate surface area is 186 Å². The zero-order chi connectivity index (χ0) is 22.6. The van der Waals surface area contributed by atoms with Crippen LogP contribution in [-0.4, -0.2) is 61.8 Å². The van der Waals surface area contributed by atoms with E-state index in [9.17, 15) is 13.2 Å². The summed E-state index contributed by atoms with van der Waals surface area (Å²) in [6.45, 7) is 1.87. The minimum Gasteiger partial charge on any atom is -0.496 e. The molecule has 1 aromatic heterocycles. The van der Waals surface area contributed by atoms with Crippen LogP contribution in [0.1, 0.15) is 15.9 Å². The molecule has 1 fully saturated rings. The minimum atomic E-state index is -3.74. The first-order valence-corrected chi connectivity index (χ1v) is 11.5. The van der Waals surface area contributed by atoms with Gasteiger partial charge in [-0.15, -0.1) is 0 Å². The molecule has 0 atom stereocenters. The van der Waals surface area contributed by atoms with Crippen LogP contribution in [-0.2, 0) is 21.3 Å². The molecule has 1 amide bonds. The summed E-state index contributed by atoms with van der Waals surface area (Å²) in [6, 6.07) is 13.5. The van der Waals surface area contributed by atoms with Crippen molar-refractivity contribution in [2.75, 3.05) is 38.7 Å². The number of rotatable bonds is 7. The fourth-order valence-electron chi connectivity index (χ4n) is 3.43. The van der Waals surface area contributed by atoms with Gasteiger partial charge in [0, 0.05) is 31.2 Å². The number of carbonyl (C=O) groups is 1. The molecule has 4 rings (SSSR count). The molecular weight excluding hydrogens is 432 g/mol. The summed E-state index contributed by atoms with van der Waals surface area (Å²) in [5.41, 5.74) is 1.76. The number of morpholine rings is 1. The van der Waals surface area contributed by atoms with Gasteiger partial charge in [0.05, 0.1) is 37.3 Å². The number of aromatic nitrogens is 2. The van der Waals surface area contributed by atoms with Crippen molar-refractivity contribution >= 4 is 21.6 Å². The van der Waals surface area contributed by atoms with Crippen molar-refractivity contribution in [3.8, 4) is 5.75 Å². The van der Waals surface area contributed by atoms with Gasteiger partial charge in [0.2, 0.25) is 10.0 Å². The second kappa shape index (κ2) is 9.51. The Hall–Kier alpha value is -3.21. The molecule has 3 aromatic rings. The Morgan fingerprint density at radius 1 is 1.16 bits per heavy atom. The number of sulfonamides is 1. The van der Waals surface area contributed by atoms with Crippen LogP contribution in [0.15, 0.2) is 65.8 Å². The minimum absolute atomic E-state index is 0.0416. The van der Waals surface area contributed by atoms with E-state index in [0.717, 1.165) is 5.56 Å². The number of carbonyl (C=O) groups excluding carboxylic acids is 1. The highest BCUT2D eigenvalue weighted by molar-refractivity contribution is 7.89. The van der Waals surface area contributed by atoms with Gasteiger partial charge in [0.15, 0.2) is 0 Å². The van der Waals surface area contributed by atoms with Gasteiger partial charge in [-0.1, -0.05) is 12.1 Å². The molecule has 1 aliphatic rings. The fourth-order valence-corrected chi connectivity index (χ4v) is 4.87. The lowest BCUT2D eigenvalue weighted by Gasteiger charge is -2.26. The summed E-state index contributed by atoms with van der Waals surface area (Å²) >= 11 is 0. The van der Waals surface area contributed by atoms with Crippen molar-refractivity contribution in [3.05, 3.63) is 72.1 Å². The number of anilines is 1. The quantitative estimate of drug-likeness (QED) is 0.585. The number of nitrogens with one attached hydrogen (secondary N) is 1. The summed E-state index contributed by atoms with van der Waals surface area (Å²) in [5.74, 6) is -0.167. The zero-order valence-electron chi connectivity index (χ0n) is 17.6. The number of benzene rings is 2. The largest absolute Gasteiger partial charge is 0.496 e. The van der Waals surface area contributed by atoms with E-state index in [1.165, 1.54) is 29.6 Å². The van der Waals surface area contributed by atoms with Crippen molar-refractivity contribution in [3.63, 3.8) is 0 Å². The molecule has 1 aliphatic heterocycles. The Morgan fingerprint density at radius 2 is 1.91 bits per heavy atom. The molecule has 0 saturated carbocycles. The first-order chi connectivity index (χ1) is 15.5. The smallest absolute Gasteiger partial charge is 0.259 e. The van der Waals surface area contributed by atoms with E-state index in [-0.39, 0.29) is 23.5 Å². The molecule has 0 bridgehead atoms. The van der Waals surface area contributed by atoms with E-state index < -0.39 is 15.9 Å². The second-order valence-corrected chi connectivity index (χ2v) is 9.17. The molecule has 9 nitrogen and oxygen atoms in total. The van der Waals surface area contributed by atoms with Crippen molar-refractivity contribution in [1.29, 1.82) is 0 Å². The SMILES string of the molecule is COc1ccc(S(=O)(=O)N2CCOCC2)cc1C(=O)Nc1ccc(Cn2cccn2)cc1. The number of ether oxygens (including phenoxy) is 2. The van der Waals surface area contributed by atoms with Gasteiger partial charge in [-0.05, 0) is 42.0 Å². The highest BCUT2D eigenvalue weighted by atomic mass is 32.2. The number of nitrogens with zero attached hydrogens (tertiary/aromatic N) is 3. The Bertz CT molecular complexity index is 1170. The monoisotopic (exact) mass is 456 g/mol. The average Bonchev–Trinajstić information content (AvgIpc) is 3.33. The molecule has 10 heteroatoms. The van der Waals surface area contributed by atoms with Crippen LogP contribution in [0.4, 0.5) is 5.69 Å². The van der Waals surface area contributed by atoms with Crippen LogP contribution in [0.5, 0.6) is 5.75 Å². The lowest BCUT2D eigenvalue weighted by atomic mass is 10.1. The maximum absolute atomic E-state index is 13.0. The summed E-state index contributed by atoms with van der Waals surface area (Å²) < 4.78 is 39.7. The normalized spacial score (nSPS) is 14.8. The molecular formula is C22H24N4O5S. The van der Waals surface area contributed by atoms with Crippen LogP contribution in [0.2, 0.25) is 0 Å². The maximum atomic E-state index is 13.0. The Kier molecular flexibility index (Phi) is 6.54. The van der Waals surface area contributed by atoms with Crippen LogP contribution < -0.4 is 10.1 Å². The highest BCUT2D eigenvalue weighted by Crippen LogP contribution is 2.26. The Balaban J connectivity index is 1.53. The zero-order valence-corrected chi connectivity index (χ0v) is 18.4. The van der Waals surface area contributed by atoms with E-state index in [4.69, 9.17) is 9.47 Å². The number of methoxy groups -OCH3 is 1. The third-order valence-corrected chi connectivity index (χ3v) is 7.03. The molecule has 0 radical (unpaired) electrons. The van der Waals surface area contributed by atoms with Gasteiger partial charge in [-0.2, -0.15) is 9.40 Å². The molecule has 0 aliphatic carbocycles. The van der Waals surface area contributed by atoms with Crippen molar-refractivity contribution in [1.82, 2.24) is 14.1 Å². The topological polar surface area (TPSA) is 103 Å². The molecule has 32 heavy (non-hydrogen) atoms. The Morgan fingerprint density at radius 3 is 2.56 bits per heavy atom. The van der Waals surface area contributed by atoms with Crippen molar-refractivity contribution < 1.29 is 22.7 Å². The average molecular weight is 457 g/mol. The predicted octanol–water partition coefficient (Wildman–Crippen LogP) is 2.21. The van der Waals surface area contributed by atoms with Crippen molar-refractivity contribution in [2.45, 2.75) is 11.4 Å². The van der Waals surface area contributed by atoms with E-state index in [1.54, 1.807) is 23.0 Å². The third kappa shape index (κ3) is 4.82. The summed E-state index contributed by atoms with van der Waals surface area (Å²) in [6.07, 6.45) is 3.59. The third-order valence-electron chi connectivity index (χ3n) is 5.14. The molecule has 2 heterocycles. The summed E-state index contributed by atoms with van der Waals surface area (Å²) in [4.78, 5) is 13.0. The summed E-state index contributed by atoms with van der Waals surface area (Å²) in [7, 11) is -2.30. The van der Waals surface area contributed by atoms with Crippen LogP contribution in [0, 0.1) is 0 Å². The fraction of sp³-hybridized carbons (Fsp3) is 0.273. The van der Waals surface area contributed by atoms with Gasteiger partial charge in [0.25, 0.3) is 5.91 Å². The number of hydrogen-bond donors (Lipinski definition) is 1. The van der Waals surface area contributed by atoms with E-state index in [2.05, 4.69) is 10.4 Å². The van der Waals surface area contributed by atoms with E-state index >= 15 is 0 Å². The molecule has 168 valence electrons. The van der Waals surface area contributed by atoms with Gasteiger partial charge in [0.1, 0.15) is 5.75 Å². The van der Waals surface area contributed by atoms with Gasteiger partial charge >= 0.3 is 0 Å². The van der Waals surface area contributed by atoms with Gasteiger partial charge in [-0.25, -0.2) is 8.42 Å². The summed E-state index contributed by atoms with van der Waals surface area (Å²) in [5, 5.41) is 6.98. The number of amides is 1. The predicted molar refractivity (Wildman–Crippen MR) is 118 cm³/mol. The molecule has 1 N–H and O–H groups in total. The van der Waals surface area contributed by atoms with E-state index in [0.29, 0.717) is 31.2 Å². The van der Waals surface area contributed by atoms with Crippen molar-refractivity contribution in [2.24, 2.45) is 0 Å². The highest BCUT2D eigenvalue weighted by Gasteiger charge is 2.28. The first-order valence-electron chi connectivity index (χ1n) is 10.1. The van der Waals surface area contributed by atoms with Crippen LogP contribution >= 0.6 is 0 Å². The second-order valence-electron chi connectivity index (χ2n) is 7.23.